The Labute approximate surface area is 94.6 Å². The van der Waals surface area contributed by atoms with E-state index in [0.29, 0.717) is 5.75 Å². The van der Waals surface area contributed by atoms with E-state index in [9.17, 15) is 22.8 Å². The van der Waals surface area contributed by atoms with Crippen molar-refractivity contribution in [3.05, 3.63) is 0 Å². The highest BCUT2D eigenvalue weighted by atomic mass is 32.2. The molecular weight excluding hydrogens is 247 g/mol. The molecule has 0 saturated carbocycles. The molecule has 0 aromatic rings. The molecule has 16 heavy (non-hydrogen) atoms. The van der Waals surface area contributed by atoms with Gasteiger partial charge in [0, 0.05) is 0 Å². The molecule has 0 heterocycles. The minimum atomic E-state index is -5.05. The van der Waals surface area contributed by atoms with Gasteiger partial charge in [0.2, 0.25) is 0 Å². The average molecular weight is 259 g/mol. The summed E-state index contributed by atoms with van der Waals surface area (Å²) in [6, 6.07) is -1.49. The number of carbonyl (C=O) groups excluding carboxylic acids is 1. The van der Waals surface area contributed by atoms with Crippen molar-refractivity contribution in [1.82, 2.24) is 5.32 Å². The van der Waals surface area contributed by atoms with E-state index in [-0.39, 0.29) is 6.42 Å². The fourth-order valence-electron chi connectivity index (χ4n) is 0.843. The molecule has 0 saturated heterocycles. The zero-order valence-electron chi connectivity index (χ0n) is 8.50. The molecule has 0 aliphatic carbocycles. The Hall–Kier alpha value is -0.920. The summed E-state index contributed by atoms with van der Waals surface area (Å²) in [4.78, 5) is 21.1. The lowest BCUT2D eigenvalue weighted by Crippen LogP contribution is -2.47. The van der Waals surface area contributed by atoms with Crippen LogP contribution in [0.3, 0.4) is 0 Å². The van der Waals surface area contributed by atoms with Gasteiger partial charge >= 0.3 is 18.1 Å². The van der Waals surface area contributed by atoms with Crippen molar-refractivity contribution in [2.75, 3.05) is 11.5 Å². The molecule has 0 radical (unpaired) electrons. The molecule has 0 rings (SSSR count). The van der Waals surface area contributed by atoms with Gasteiger partial charge in [-0.15, -0.1) is 0 Å². The summed E-state index contributed by atoms with van der Waals surface area (Å²) < 4.78 is 35.6. The fourth-order valence-corrected chi connectivity index (χ4v) is 1.53. The lowest BCUT2D eigenvalue weighted by molar-refractivity contribution is -0.175. The van der Waals surface area contributed by atoms with Gasteiger partial charge < -0.3 is 10.4 Å². The SMILES string of the molecule is CCSCCC(NC(=O)C(F)(F)F)C(=O)O. The number of rotatable bonds is 6. The van der Waals surface area contributed by atoms with Gasteiger partial charge in [0.1, 0.15) is 6.04 Å². The molecule has 0 aromatic heterocycles. The van der Waals surface area contributed by atoms with Gasteiger partial charge in [-0.05, 0) is 17.9 Å². The van der Waals surface area contributed by atoms with Crippen LogP contribution in [-0.4, -0.2) is 40.7 Å². The number of aliphatic carboxylic acids is 1. The van der Waals surface area contributed by atoms with Crippen molar-refractivity contribution in [2.24, 2.45) is 0 Å². The standard InChI is InChI=1S/C8H12F3NO3S/c1-2-16-4-3-5(6(13)14)12-7(15)8(9,10)11/h5H,2-4H2,1H3,(H,12,15)(H,13,14). The zero-order valence-corrected chi connectivity index (χ0v) is 9.32. The Morgan fingerprint density at radius 3 is 2.38 bits per heavy atom. The minimum absolute atomic E-state index is 0.0321. The van der Waals surface area contributed by atoms with Crippen LogP contribution in [0.1, 0.15) is 13.3 Å². The van der Waals surface area contributed by atoms with Crippen LogP contribution in [0.4, 0.5) is 13.2 Å². The molecule has 1 atom stereocenters. The van der Waals surface area contributed by atoms with Gasteiger partial charge in [-0.1, -0.05) is 6.92 Å². The van der Waals surface area contributed by atoms with E-state index >= 15 is 0 Å². The normalized spacial score (nSPS) is 13.2. The van der Waals surface area contributed by atoms with E-state index in [2.05, 4.69) is 0 Å². The van der Waals surface area contributed by atoms with Gasteiger partial charge in [0.15, 0.2) is 0 Å². The first-order chi connectivity index (χ1) is 7.29. The first kappa shape index (κ1) is 15.1. The van der Waals surface area contributed by atoms with E-state index in [4.69, 9.17) is 5.11 Å². The molecule has 0 spiro atoms. The van der Waals surface area contributed by atoms with Gasteiger partial charge in [-0.3, -0.25) is 4.79 Å². The Balaban J connectivity index is 4.24. The van der Waals surface area contributed by atoms with Crippen molar-refractivity contribution in [1.29, 1.82) is 0 Å². The minimum Gasteiger partial charge on any atom is -0.480 e. The molecule has 0 aliphatic heterocycles. The number of thioether (sulfide) groups is 1. The van der Waals surface area contributed by atoms with Gasteiger partial charge in [0.05, 0.1) is 0 Å². The third-order valence-electron chi connectivity index (χ3n) is 1.62. The highest BCUT2D eigenvalue weighted by Crippen LogP contribution is 2.15. The number of carbonyl (C=O) groups is 2. The summed E-state index contributed by atoms with van der Waals surface area (Å²) in [5.41, 5.74) is 0. The topological polar surface area (TPSA) is 66.4 Å². The lowest BCUT2D eigenvalue weighted by atomic mass is 10.2. The van der Waals surface area contributed by atoms with Crippen LogP contribution >= 0.6 is 11.8 Å². The molecule has 1 amide bonds. The number of carboxylic acid groups (broad SMARTS) is 1. The van der Waals surface area contributed by atoms with Crippen molar-refractivity contribution in [3.8, 4) is 0 Å². The quantitative estimate of drug-likeness (QED) is 0.705. The maximum atomic E-state index is 11.9. The Morgan fingerprint density at radius 1 is 1.44 bits per heavy atom. The molecule has 2 N–H and O–H groups in total. The fraction of sp³-hybridized carbons (Fsp3) is 0.750. The number of alkyl halides is 3. The molecular formula is C8H12F3NO3S. The van der Waals surface area contributed by atoms with Gasteiger partial charge in [-0.2, -0.15) is 24.9 Å². The molecule has 1 unspecified atom stereocenters. The summed E-state index contributed by atoms with van der Waals surface area (Å²) in [5.74, 6) is -2.57. The largest absolute Gasteiger partial charge is 0.480 e. The van der Waals surface area contributed by atoms with Crippen LogP contribution in [0.5, 0.6) is 0 Å². The van der Waals surface area contributed by atoms with E-state index in [1.165, 1.54) is 17.1 Å². The van der Waals surface area contributed by atoms with E-state index in [1.807, 2.05) is 6.92 Å². The molecule has 0 aliphatic rings. The third kappa shape index (κ3) is 5.84. The van der Waals surface area contributed by atoms with Crippen molar-refractivity contribution in [3.63, 3.8) is 0 Å². The van der Waals surface area contributed by atoms with Crippen LogP contribution in [-0.2, 0) is 9.59 Å². The molecule has 8 heteroatoms. The van der Waals surface area contributed by atoms with E-state index in [0.717, 1.165) is 5.75 Å². The predicted molar refractivity (Wildman–Crippen MR) is 53.2 cm³/mol. The van der Waals surface area contributed by atoms with Crippen LogP contribution in [0.15, 0.2) is 0 Å². The summed E-state index contributed by atoms with van der Waals surface area (Å²) in [7, 11) is 0. The number of hydrogen-bond acceptors (Lipinski definition) is 3. The molecule has 4 nitrogen and oxygen atoms in total. The molecule has 0 bridgehead atoms. The summed E-state index contributed by atoms with van der Waals surface area (Å²) in [6.45, 7) is 1.84. The van der Waals surface area contributed by atoms with Crippen LogP contribution in [0, 0.1) is 0 Å². The van der Waals surface area contributed by atoms with Crippen LogP contribution < -0.4 is 5.32 Å². The number of amides is 1. The molecule has 0 aromatic carbocycles. The maximum absolute atomic E-state index is 11.9. The monoisotopic (exact) mass is 259 g/mol. The van der Waals surface area contributed by atoms with Crippen LogP contribution in [0.2, 0.25) is 0 Å². The van der Waals surface area contributed by atoms with Gasteiger partial charge in [0.25, 0.3) is 0 Å². The Bertz CT molecular complexity index is 257. The molecule has 94 valence electrons. The maximum Gasteiger partial charge on any atom is 0.471 e. The van der Waals surface area contributed by atoms with Crippen molar-refractivity contribution < 1.29 is 27.9 Å². The Kier molecular flexibility index (Phi) is 6.24. The zero-order chi connectivity index (χ0) is 12.8. The lowest BCUT2D eigenvalue weighted by Gasteiger charge is -2.15. The average Bonchev–Trinajstić information content (AvgIpc) is 2.14. The number of halogens is 3. The first-order valence-electron chi connectivity index (χ1n) is 4.47. The summed E-state index contributed by atoms with van der Waals surface area (Å²) in [6.07, 6.45) is -5.08. The highest BCUT2D eigenvalue weighted by molar-refractivity contribution is 7.99. The smallest absolute Gasteiger partial charge is 0.471 e. The molecule has 0 fully saturated rings. The van der Waals surface area contributed by atoms with E-state index in [1.54, 1.807) is 0 Å². The first-order valence-corrected chi connectivity index (χ1v) is 5.62. The number of nitrogens with one attached hydrogen (secondary N) is 1. The van der Waals surface area contributed by atoms with E-state index < -0.39 is 24.1 Å². The second kappa shape index (κ2) is 6.62. The Morgan fingerprint density at radius 2 is 2.00 bits per heavy atom. The van der Waals surface area contributed by atoms with Gasteiger partial charge in [-0.25, -0.2) is 4.79 Å². The van der Waals surface area contributed by atoms with Crippen molar-refractivity contribution in [2.45, 2.75) is 25.6 Å². The number of carboxylic acids is 1. The predicted octanol–water partition coefficient (Wildman–Crippen LogP) is 1.26. The third-order valence-corrected chi connectivity index (χ3v) is 2.55. The second-order valence-corrected chi connectivity index (χ2v) is 4.24. The second-order valence-electron chi connectivity index (χ2n) is 2.85. The van der Waals surface area contributed by atoms with Crippen LogP contribution in [0.25, 0.3) is 0 Å². The highest BCUT2D eigenvalue weighted by Gasteiger charge is 2.40. The summed E-state index contributed by atoms with van der Waals surface area (Å²) >= 11 is 1.39. The summed E-state index contributed by atoms with van der Waals surface area (Å²) in [5, 5.41) is 10.0. The number of hydrogen-bond donors (Lipinski definition) is 2. The van der Waals surface area contributed by atoms with Crippen molar-refractivity contribution >= 4 is 23.6 Å².